The number of benzene rings is 10. The smallest absolute Gasteiger partial charge is 0.416 e. The second kappa shape index (κ2) is 49.5. The van der Waals surface area contributed by atoms with Gasteiger partial charge in [-0.15, -0.1) is 0 Å². The number of para-hydroxylation sites is 12. The molecule has 0 bridgehead atoms. The Hall–Kier alpha value is -18.5. The van der Waals surface area contributed by atoms with E-state index < -0.39 is 72.8 Å². The lowest BCUT2D eigenvalue weighted by Gasteiger charge is -2.30. The van der Waals surface area contributed by atoms with Crippen LogP contribution < -0.4 is 49.7 Å². The van der Waals surface area contributed by atoms with Gasteiger partial charge in [0.05, 0.1) is 81.3 Å². The lowest BCUT2D eigenvalue weighted by molar-refractivity contribution is -0.380. The van der Waals surface area contributed by atoms with Gasteiger partial charge in [-0.3, -0.25) is 19.4 Å². The van der Waals surface area contributed by atoms with Gasteiger partial charge in [-0.1, -0.05) is 122 Å². The number of H-pyrrole nitrogens is 3. The van der Waals surface area contributed by atoms with E-state index in [-0.39, 0.29) is 96.4 Å². The molecule has 16 aromatic rings. The van der Waals surface area contributed by atoms with Gasteiger partial charge < -0.3 is 94.5 Å². The third-order valence-corrected chi connectivity index (χ3v) is 22.2. The number of aliphatic hydroxyl groups is 3. The zero-order valence-corrected chi connectivity index (χ0v) is 78.5. The second-order valence-electron chi connectivity index (χ2n) is 32.3. The van der Waals surface area contributed by atoms with Gasteiger partial charge in [0.2, 0.25) is 12.1 Å². The standard InChI is InChI=1S/C23H22N6O.C23H19N3O6.C21H15F3N4O4.C20H15N3O5.C18H18ClN3.CH4.H2O/c1-30-20-11-6-8-17-21(20)27-23(28-22(17)26-15-16-7-4-5-12-24-16)29-14-13-25-18-9-2-3-10-19(18)29;24-12-15(23-25-16-3-1-2-4-17(16)26-23)19(28)13-32-22(29)8-6-18(27)14-5-7-20-21(11-14)31-10-9-30-20;22-21(23,24)13-7-5-12(17(9-13)28-31)6-8-19(30)32-11-18(29)14(10-25)20-26-15-3-1-2-4-16(15)27-20;21-9-12(19-22-13-5-1-2-6-14(13)23-19)15(24)10-27-20(25)18-11-26-16-7-3-4-8-17(16)28-18;1-12(2)20-18-15-8-3-4-9-16(15)21-17(22-18)11-13-6-5-7-14(19)10-13;;/h2-12,25H,13-15H2,1H3,(H,26,27,28);1-5,7,11,28H,6,8-10,13H2,(H,25,26);1-5,7,9,29H,6,8,11H2,(H,26,27);1-8,18,24H,10-11H2,(H,22,23);3-10,12H,11H2,1-2H3,(H,20,21,22);1H4;1H2. The van der Waals surface area contributed by atoms with E-state index in [0.29, 0.717) is 100 Å². The molecule has 11 N–H and O–H groups in total. The van der Waals surface area contributed by atoms with E-state index in [9.17, 15) is 68.4 Å². The van der Waals surface area contributed by atoms with E-state index in [1.54, 1.807) is 116 Å². The summed E-state index contributed by atoms with van der Waals surface area (Å²) < 4.78 is 80.8. The molecule has 0 aliphatic carbocycles. The number of imidazole rings is 3. The SMILES string of the molecule is C.CC(C)Nc1nc(Cc2cccc(Cl)c2)nc2ccccc12.COc1cccc2c(NCc3ccccn3)nc(N3CCNc4ccccc43)nc12.N#CC(=C(O)COC(=O)C1COc2ccccc2O1)c1nc2ccccc2[nH]1.N#CC(=C(O)COC(=O)CCC(=O)c1ccc2c(c1)OCCO2)c1nc2ccccc2[nH]1.N#CC(=C(O)COC(=O)CCc1ccc(C(F)(F)F)cc1[NH+]=O)c1nc2ccccc2[nH]1.[OH-]. The van der Waals surface area contributed by atoms with Gasteiger partial charge >= 0.3 is 24.1 Å². The van der Waals surface area contributed by atoms with Gasteiger partial charge in [0.15, 0.2) is 63.5 Å². The summed E-state index contributed by atoms with van der Waals surface area (Å²) in [5.74, 6) is 2.57. The van der Waals surface area contributed by atoms with Crippen molar-refractivity contribution in [1.82, 2.24) is 54.8 Å². The zero-order valence-electron chi connectivity index (χ0n) is 77.7. The molecule has 146 heavy (non-hydrogen) atoms. The molecule has 19 rings (SSSR count). The van der Waals surface area contributed by atoms with Crippen LogP contribution in [0.1, 0.15) is 96.6 Å². The number of fused-ring (bicyclic) bond motifs is 8. The average molecular weight is 2000 g/mol. The third kappa shape index (κ3) is 26.8. The number of nitrogens with one attached hydrogen (secondary N) is 7. The van der Waals surface area contributed by atoms with Gasteiger partial charge in [-0.25, -0.2) is 34.7 Å². The first kappa shape index (κ1) is 105. The number of ether oxygens (including phenoxy) is 8. The summed E-state index contributed by atoms with van der Waals surface area (Å²) in [7, 11) is 1.66. The number of methoxy groups -OCH3 is 1. The van der Waals surface area contributed by atoms with E-state index in [2.05, 4.69) is 86.7 Å². The highest BCUT2D eigenvalue weighted by Crippen LogP contribution is 2.39. The minimum atomic E-state index is -4.61. The van der Waals surface area contributed by atoms with Crippen LogP contribution in [0.3, 0.4) is 0 Å². The highest BCUT2D eigenvalue weighted by atomic mass is 35.5. The van der Waals surface area contributed by atoms with Crippen molar-refractivity contribution in [1.29, 1.82) is 15.8 Å². The van der Waals surface area contributed by atoms with Crippen LogP contribution in [-0.4, -0.2) is 171 Å². The summed E-state index contributed by atoms with van der Waals surface area (Å²) in [5.41, 5.74) is 8.78. The monoisotopic (exact) mass is 2000 g/mol. The Kier molecular flexibility index (Phi) is 35.5. The number of alkyl halides is 3. The number of aryl methyl sites for hydroxylation is 1. The number of hydrogen-bond donors (Lipinski definition) is 10. The number of carbonyl (C=O) groups is 4. The van der Waals surface area contributed by atoms with Crippen molar-refractivity contribution in [3.8, 4) is 47.0 Å². The first-order valence-corrected chi connectivity index (χ1v) is 45.3. The van der Waals surface area contributed by atoms with Crippen molar-refractivity contribution in [3.63, 3.8) is 0 Å². The number of aliphatic hydroxyl groups excluding tert-OH is 3. The number of hydrogen-bond acceptors (Lipinski definition) is 32. The fraction of sp³-hybridized carbons (Fsp3) is 0.198. The van der Waals surface area contributed by atoms with E-state index in [4.69, 9.17) is 64.4 Å². The normalized spacial score (nSPS) is 13.0. The van der Waals surface area contributed by atoms with Crippen LogP contribution in [-0.2, 0) is 54.2 Å². The van der Waals surface area contributed by atoms with E-state index in [1.807, 2.05) is 127 Å². The van der Waals surface area contributed by atoms with Crippen LogP contribution in [0.25, 0.3) is 71.6 Å². The molecular formula is C106H95ClF3N19O17. The molecule has 744 valence electrons. The van der Waals surface area contributed by atoms with Gasteiger partial charge in [-0.2, -0.15) is 33.9 Å². The summed E-state index contributed by atoms with van der Waals surface area (Å²) in [6.07, 6.45) is -3.69. The number of aromatic nitrogens is 11. The third-order valence-electron chi connectivity index (χ3n) is 22.0. The van der Waals surface area contributed by atoms with E-state index >= 15 is 0 Å². The predicted molar refractivity (Wildman–Crippen MR) is 539 cm³/mol. The Labute approximate surface area is 837 Å². The van der Waals surface area contributed by atoms with Crippen LogP contribution >= 0.6 is 11.6 Å². The number of esters is 3. The maximum atomic E-state index is 12.7. The summed E-state index contributed by atoms with van der Waals surface area (Å²) in [6.45, 7) is 5.65. The van der Waals surface area contributed by atoms with Crippen molar-refractivity contribution in [2.75, 3.05) is 80.7 Å². The number of carbonyl (C=O) groups excluding carboxylic acids is 4. The summed E-state index contributed by atoms with van der Waals surface area (Å²) >= 11 is 6.05. The number of pyridine rings is 1. The fourth-order valence-corrected chi connectivity index (χ4v) is 15.2. The van der Waals surface area contributed by atoms with Crippen molar-refractivity contribution in [2.24, 2.45) is 0 Å². The lowest BCUT2D eigenvalue weighted by Crippen LogP contribution is -2.56. The zero-order chi connectivity index (χ0) is 101. The number of nitrogens with zero attached hydrogens (tertiary/aromatic N) is 12. The van der Waals surface area contributed by atoms with Crippen LogP contribution in [0.5, 0.6) is 28.7 Å². The molecule has 1 unspecified atom stereocenters. The second-order valence-corrected chi connectivity index (χ2v) is 32.7. The molecule has 6 aromatic heterocycles. The number of nitriles is 3. The highest BCUT2D eigenvalue weighted by Gasteiger charge is 2.34. The molecule has 0 radical (unpaired) electrons. The number of allylic oxidation sites excluding steroid dienone is 3. The molecular weight excluding hydrogens is 1900 g/mol. The Morgan fingerprint density at radius 1 is 0.582 bits per heavy atom. The van der Waals surface area contributed by atoms with E-state index in [1.165, 1.54) is 5.18 Å². The maximum Gasteiger partial charge on any atom is 0.416 e. The van der Waals surface area contributed by atoms with Gasteiger partial charge in [0.25, 0.3) is 5.69 Å². The van der Waals surface area contributed by atoms with Gasteiger partial charge in [0, 0.05) is 87.7 Å². The van der Waals surface area contributed by atoms with Gasteiger partial charge in [0.1, 0.15) is 103 Å². The molecule has 0 spiro atoms. The molecule has 3 aliphatic rings. The first-order valence-electron chi connectivity index (χ1n) is 44.9. The molecule has 9 heterocycles. The Bertz CT molecular complexity index is 7570. The molecule has 0 amide bonds. The fourth-order valence-electron chi connectivity index (χ4n) is 15.0. The minimum Gasteiger partial charge on any atom is -0.870 e. The largest absolute Gasteiger partial charge is 0.870 e. The van der Waals surface area contributed by atoms with E-state index in [0.717, 1.165) is 103 Å². The maximum absolute atomic E-state index is 12.7. The predicted octanol–water partition coefficient (Wildman–Crippen LogP) is 18.5. The van der Waals surface area contributed by atoms with Crippen LogP contribution in [0.4, 0.5) is 47.8 Å². The Morgan fingerprint density at radius 3 is 1.75 bits per heavy atom. The number of rotatable bonds is 27. The molecule has 3 aliphatic heterocycles. The van der Waals surface area contributed by atoms with Crippen molar-refractivity contribution >= 4 is 142 Å². The molecule has 0 saturated heterocycles. The Morgan fingerprint density at radius 2 is 1.15 bits per heavy atom. The molecule has 10 aromatic carbocycles. The van der Waals surface area contributed by atoms with Crippen LogP contribution in [0.2, 0.25) is 5.02 Å². The molecule has 0 fully saturated rings. The number of halogens is 4. The topological polar surface area (TPSA) is 525 Å². The number of nitroso groups, excluding NO2 is 1. The molecule has 36 nitrogen and oxygen atoms in total. The van der Waals surface area contributed by atoms with Crippen molar-refractivity contribution in [3.05, 3.63) is 327 Å². The number of anilines is 5. The summed E-state index contributed by atoms with van der Waals surface area (Å²) in [5, 5.41) is 73.2. The molecule has 1 atom stereocenters. The first-order chi connectivity index (χ1) is 69.9. The van der Waals surface area contributed by atoms with Crippen LogP contribution in [0, 0.1) is 38.9 Å². The molecule has 0 saturated carbocycles. The number of ketones is 1. The highest BCUT2D eigenvalue weighted by molar-refractivity contribution is 6.30. The Balaban J connectivity index is 0.000000153. The number of Topliss-reactive ketones (excluding diaryl/α,β-unsaturated/α-hetero) is 1. The molecule has 40 heteroatoms. The lowest BCUT2D eigenvalue weighted by atomic mass is 10.0. The minimum absolute atomic E-state index is 0. The van der Waals surface area contributed by atoms with Gasteiger partial charge in [-0.05, 0) is 159 Å². The summed E-state index contributed by atoms with van der Waals surface area (Å²) in [4.78, 5) is 107. The quantitative estimate of drug-likeness (QED) is 0.00751. The average Bonchev–Trinajstić information content (AvgIpc) is 0.793. The van der Waals surface area contributed by atoms with Crippen molar-refractivity contribution < 1.29 is 96.2 Å². The number of aromatic amines is 3. The van der Waals surface area contributed by atoms with Crippen molar-refractivity contribution in [2.45, 2.75) is 78.2 Å². The van der Waals surface area contributed by atoms with Crippen LogP contribution in [0.15, 0.2) is 266 Å². The summed E-state index contributed by atoms with van der Waals surface area (Å²) in [6, 6.07) is 77.5.